The fraction of sp³-hybridized carbons (Fsp3) is 0.391. The van der Waals surface area contributed by atoms with Crippen LogP contribution in [0.4, 0.5) is 5.13 Å². The average molecular weight is 459 g/mol. The van der Waals surface area contributed by atoms with Crippen molar-refractivity contribution in [3.8, 4) is 23.0 Å². The van der Waals surface area contributed by atoms with Gasteiger partial charge in [-0.15, -0.1) is 0 Å². The summed E-state index contributed by atoms with van der Waals surface area (Å²) < 4.78 is 28.5. The molecule has 4 rings (SSSR count). The van der Waals surface area contributed by atoms with Gasteiger partial charge in [-0.25, -0.2) is 4.98 Å². The van der Waals surface area contributed by atoms with Crippen molar-refractivity contribution in [3.63, 3.8) is 0 Å². The van der Waals surface area contributed by atoms with Crippen LogP contribution in [0.5, 0.6) is 23.0 Å². The number of hydrogen-bond acceptors (Lipinski definition) is 8. The minimum atomic E-state index is -0.224. The molecule has 3 aromatic rings. The Morgan fingerprint density at radius 2 is 1.81 bits per heavy atom. The van der Waals surface area contributed by atoms with Gasteiger partial charge >= 0.3 is 0 Å². The number of aromatic nitrogens is 1. The smallest absolute Gasteiger partial charge is 0.260 e. The van der Waals surface area contributed by atoms with Crippen LogP contribution >= 0.6 is 11.3 Å². The van der Waals surface area contributed by atoms with Gasteiger partial charge in [-0.05, 0) is 37.1 Å². The first kappa shape index (κ1) is 22.2. The largest absolute Gasteiger partial charge is 0.494 e. The number of para-hydroxylation sites is 1. The maximum Gasteiger partial charge on any atom is 0.260 e. The molecule has 2 aromatic carbocycles. The zero-order valence-corrected chi connectivity index (χ0v) is 19.4. The van der Waals surface area contributed by atoms with Gasteiger partial charge in [0.25, 0.3) is 5.91 Å². The van der Waals surface area contributed by atoms with Crippen molar-refractivity contribution in [2.75, 3.05) is 46.5 Å². The number of benzene rings is 2. The van der Waals surface area contributed by atoms with E-state index in [4.69, 9.17) is 28.7 Å². The highest BCUT2D eigenvalue weighted by atomic mass is 32.1. The minimum Gasteiger partial charge on any atom is -0.494 e. The first-order valence-corrected chi connectivity index (χ1v) is 11.1. The van der Waals surface area contributed by atoms with Crippen molar-refractivity contribution in [1.82, 2.24) is 4.98 Å². The van der Waals surface area contributed by atoms with Crippen LogP contribution in [0.15, 0.2) is 30.3 Å². The van der Waals surface area contributed by atoms with Crippen molar-refractivity contribution in [2.24, 2.45) is 0 Å². The second-order valence-electron chi connectivity index (χ2n) is 7.27. The van der Waals surface area contributed by atoms with E-state index in [0.29, 0.717) is 46.8 Å². The van der Waals surface area contributed by atoms with Gasteiger partial charge in [0.05, 0.1) is 45.8 Å². The molecule has 0 aliphatic carbocycles. The number of nitrogens with zero attached hydrogens (tertiary/aromatic N) is 2. The third kappa shape index (κ3) is 4.18. The monoisotopic (exact) mass is 458 g/mol. The van der Waals surface area contributed by atoms with Crippen molar-refractivity contribution in [2.45, 2.75) is 18.9 Å². The molecule has 9 heteroatoms. The van der Waals surface area contributed by atoms with Crippen LogP contribution in [0.3, 0.4) is 0 Å². The van der Waals surface area contributed by atoms with Crippen LogP contribution in [0.25, 0.3) is 10.2 Å². The quantitative estimate of drug-likeness (QED) is 0.502. The van der Waals surface area contributed by atoms with E-state index >= 15 is 0 Å². The SMILES string of the molecule is COc1cc(C(=O)N(CC2CCCO2)c2nc3c(OC)cccc3s2)cc(OC)c1OC. The second-order valence-corrected chi connectivity index (χ2v) is 8.28. The van der Waals surface area contributed by atoms with Crippen molar-refractivity contribution >= 4 is 32.6 Å². The Bertz CT molecular complexity index is 1080. The maximum absolute atomic E-state index is 13.8. The van der Waals surface area contributed by atoms with Crippen molar-refractivity contribution in [1.29, 1.82) is 0 Å². The molecule has 1 aliphatic rings. The maximum atomic E-state index is 13.8. The number of fused-ring (bicyclic) bond motifs is 1. The van der Waals surface area contributed by atoms with Gasteiger partial charge in [-0.1, -0.05) is 17.4 Å². The third-order valence-electron chi connectivity index (χ3n) is 5.39. The molecule has 8 nitrogen and oxygen atoms in total. The number of hydrogen-bond donors (Lipinski definition) is 0. The first-order valence-electron chi connectivity index (χ1n) is 10.3. The highest BCUT2D eigenvalue weighted by molar-refractivity contribution is 7.22. The lowest BCUT2D eigenvalue weighted by Crippen LogP contribution is -2.37. The summed E-state index contributed by atoms with van der Waals surface area (Å²) in [6, 6.07) is 9.04. The molecule has 1 atom stereocenters. The number of thiazole rings is 1. The number of ether oxygens (including phenoxy) is 5. The summed E-state index contributed by atoms with van der Waals surface area (Å²) in [5.74, 6) is 1.71. The Balaban J connectivity index is 1.78. The van der Waals surface area contributed by atoms with Gasteiger partial charge in [-0.2, -0.15) is 0 Å². The highest BCUT2D eigenvalue weighted by Gasteiger charge is 2.29. The molecule has 1 fully saturated rings. The number of methoxy groups -OCH3 is 4. The van der Waals surface area contributed by atoms with Crippen LogP contribution in [0, 0.1) is 0 Å². The van der Waals surface area contributed by atoms with E-state index in [2.05, 4.69) is 0 Å². The molecule has 1 aromatic heterocycles. The van der Waals surface area contributed by atoms with Crippen LogP contribution < -0.4 is 23.8 Å². The minimum absolute atomic E-state index is 0.0464. The molecular weight excluding hydrogens is 432 g/mol. The van der Waals surface area contributed by atoms with E-state index in [9.17, 15) is 4.79 Å². The number of rotatable bonds is 8. The Kier molecular flexibility index (Phi) is 6.66. The van der Waals surface area contributed by atoms with E-state index < -0.39 is 0 Å². The van der Waals surface area contributed by atoms with Crippen LogP contribution in [-0.2, 0) is 4.74 Å². The summed E-state index contributed by atoms with van der Waals surface area (Å²) in [5.41, 5.74) is 1.13. The van der Waals surface area contributed by atoms with Gasteiger partial charge in [0, 0.05) is 12.2 Å². The lowest BCUT2D eigenvalue weighted by molar-refractivity contribution is 0.0917. The highest BCUT2D eigenvalue weighted by Crippen LogP contribution is 2.40. The zero-order valence-electron chi connectivity index (χ0n) is 18.5. The van der Waals surface area contributed by atoms with Gasteiger partial charge in [0.15, 0.2) is 16.6 Å². The second kappa shape index (κ2) is 9.62. The molecule has 0 bridgehead atoms. The van der Waals surface area contributed by atoms with E-state index in [-0.39, 0.29) is 12.0 Å². The van der Waals surface area contributed by atoms with Crippen molar-refractivity contribution in [3.05, 3.63) is 35.9 Å². The van der Waals surface area contributed by atoms with Crippen LogP contribution in [-0.4, -0.2) is 58.6 Å². The van der Waals surface area contributed by atoms with E-state index in [1.54, 1.807) is 24.1 Å². The molecule has 170 valence electrons. The summed E-state index contributed by atoms with van der Waals surface area (Å²) >= 11 is 1.44. The topological polar surface area (TPSA) is 79.4 Å². The molecule has 0 N–H and O–H groups in total. The third-order valence-corrected chi connectivity index (χ3v) is 6.43. The first-order chi connectivity index (χ1) is 15.6. The summed E-state index contributed by atoms with van der Waals surface area (Å²) in [7, 11) is 6.18. The van der Waals surface area contributed by atoms with Gasteiger partial charge in [0.2, 0.25) is 5.75 Å². The van der Waals surface area contributed by atoms with Crippen LogP contribution in [0.1, 0.15) is 23.2 Å². The summed E-state index contributed by atoms with van der Waals surface area (Å²) in [6.07, 6.45) is 1.83. The Labute approximate surface area is 190 Å². The molecule has 1 amide bonds. The predicted molar refractivity (Wildman–Crippen MR) is 123 cm³/mol. The lowest BCUT2D eigenvalue weighted by atomic mass is 10.1. The Morgan fingerprint density at radius 3 is 2.41 bits per heavy atom. The number of carbonyl (C=O) groups is 1. The fourth-order valence-corrected chi connectivity index (χ4v) is 4.78. The van der Waals surface area contributed by atoms with Gasteiger partial charge in [-0.3, -0.25) is 9.69 Å². The van der Waals surface area contributed by atoms with E-state index in [1.807, 2.05) is 18.2 Å². The Hall–Kier alpha value is -3.04. The van der Waals surface area contributed by atoms with E-state index in [0.717, 1.165) is 23.1 Å². The number of anilines is 1. The molecule has 1 saturated heterocycles. The molecule has 0 radical (unpaired) electrons. The van der Waals surface area contributed by atoms with Gasteiger partial charge in [0.1, 0.15) is 11.3 Å². The van der Waals surface area contributed by atoms with E-state index in [1.165, 1.54) is 32.7 Å². The molecular formula is C23H26N2O6S. The van der Waals surface area contributed by atoms with Crippen LogP contribution in [0.2, 0.25) is 0 Å². The lowest BCUT2D eigenvalue weighted by Gasteiger charge is -2.24. The average Bonchev–Trinajstić information content (AvgIpc) is 3.50. The molecule has 2 heterocycles. The molecule has 1 aliphatic heterocycles. The fourth-order valence-electron chi connectivity index (χ4n) is 3.79. The zero-order chi connectivity index (χ0) is 22.7. The Morgan fingerprint density at radius 1 is 1.09 bits per heavy atom. The van der Waals surface area contributed by atoms with Gasteiger partial charge < -0.3 is 23.7 Å². The molecule has 0 saturated carbocycles. The number of amides is 1. The molecule has 0 spiro atoms. The normalized spacial score (nSPS) is 15.6. The summed E-state index contributed by atoms with van der Waals surface area (Å²) in [4.78, 5) is 20.2. The summed E-state index contributed by atoms with van der Waals surface area (Å²) in [6.45, 7) is 1.10. The standard InChI is InChI=1S/C23H26N2O6S/c1-27-16-8-5-9-19-20(16)24-23(32-19)25(13-15-7-6-10-31-15)22(26)14-11-17(28-2)21(30-4)18(12-14)29-3/h5,8-9,11-12,15H,6-7,10,13H2,1-4H3. The summed E-state index contributed by atoms with van der Waals surface area (Å²) in [5, 5.41) is 0.582. The molecule has 1 unspecified atom stereocenters. The predicted octanol–water partition coefficient (Wildman–Crippen LogP) is 4.16. The molecule has 32 heavy (non-hydrogen) atoms. The number of carbonyl (C=O) groups excluding carboxylic acids is 1. The van der Waals surface area contributed by atoms with Crippen molar-refractivity contribution < 1.29 is 28.5 Å².